The van der Waals surface area contributed by atoms with E-state index in [4.69, 9.17) is 14.2 Å². The lowest BCUT2D eigenvalue weighted by Crippen LogP contribution is -2.24. The van der Waals surface area contributed by atoms with Crippen LogP contribution in [0.25, 0.3) is 6.08 Å². The standard InChI is InChI=1S/C22H19N3O7/c1-3-10-24-22(27)16(13-23)11-15-4-9-19(20(12-15)30-2)32-21(26)14-31-18-7-5-17(6-8-18)25(28)29/h3-9,11-12H,1,10,14H2,2H3,(H,24,27)/b16-11+. The average Bonchev–Trinajstić information content (AvgIpc) is 2.80. The number of nitriles is 1. The Balaban J connectivity index is 2.05. The number of benzene rings is 2. The Hall–Kier alpha value is -4.65. The van der Waals surface area contributed by atoms with Crippen LogP contribution < -0.4 is 19.5 Å². The molecule has 32 heavy (non-hydrogen) atoms. The monoisotopic (exact) mass is 437 g/mol. The number of amides is 1. The molecule has 0 aliphatic carbocycles. The first kappa shape index (κ1) is 23.6. The summed E-state index contributed by atoms with van der Waals surface area (Å²) in [5.74, 6) is -0.710. The molecule has 1 N–H and O–H groups in total. The lowest BCUT2D eigenvalue weighted by atomic mass is 10.1. The van der Waals surface area contributed by atoms with Gasteiger partial charge in [-0.25, -0.2) is 4.79 Å². The maximum atomic E-state index is 12.1. The van der Waals surface area contributed by atoms with E-state index < -0.39 is 23.4 Å². The van der Waals surface area contributed by atoms with Crippen LogP contribution in [0.3, 0.4) is 0 Å². The van der Waals surface area contributed by atoms with E-state index >= 15 is 0 Å². The molecule has 2 rings (SSSR count). The normalized spacial score (nSPS) is 10.4. The molecular formula is C22H19N3O7. The van der Waals surface area contributed by atoms with Crippen molar-refractivity contribution in [2.24, 2.45) is 0 Å². The topological polar surface area (TPSA) is 141 Å². The summed E-state index contributed by atoms with van der Waals surface area (Å²) in [6.45, 7) is 3.27. The molecular weight excluding hydrogens is 418 g/mol. The van der Waals surface area contributed by atoms with E-state index in [2.05, 4.69) is 11.9 Å². The molecule has 0 bridgehead atoms. The predicted molar refractivity (Wildman–Crippen MR) is 114 cm³/mol. The molecule has 0 saturated heterocycles. The zero-order valence-electron chi connectivity index (χ0n) is 17.1. The highest BCUT2D eigenvalue weighted by Crippen LogP contribution is 2.29. The fraction of sp³-hybridized carbons (Fsp3) is 0.136. The van der Waals surface area contributed by atoms with Crippen LogP contribution in [0.15, 0.2) is 60.7 Å². The lowest BCUT2D eigenvalue weighted by molar-refractivity contribution is -0.384. The Morgan fingerprint density at radius 2 is 1.94 bits per heavy atom. The third-order valence-corrected chi connectivity index (χ3v) is 3.90. The third-order valence-electron chi connectivity index (χ3n) is 3.90. The van der Waals surface area contributed by atoms with E-state index in [-0.39, 0.29) is 35.1 Å². The zero-order chi connectivity index (χ0) is 23.5. The number of nitro groups is 1. The summed E-state index contributed by atoms with van der Waals surface area (Å²) in [5, 5.41) is 22.4. The number of rotatable bonds is 10. The summed E-state index contributed by atoms with van der Waals surface area (Å²) in [4.78, 5) is 34.2. The van der Waals surface area contributed by atoms with Gasteiger partial charge in [-0.3, -0.25) is 14.9 Å². The molecule has 10 nitrogen and oxygen atoms in total. The van der Waals surface area contributed by atoms with Crippen molar-refractivity contribution in [3.8, 4) is 23.3 Å². The lowest BCUT2D eigenvalue weighted by Gasteiger charge is -2.11. The van der Waals surface area contributed by atoms with Crippen molar-refractivity contribution in [2.45, 2.75) is 0 Å². The Labute approximate surface area is 183 Å². The average molecular weight is 437 g/mol. The Morgan fingerprint density at radius 3 is 2.53 bits per heavy atom. The third kappa shape index (κ3) is 6.70. The van der Waals surface area contributed by atoms with Gasteiger partial charge >= 0.3 is 5.97 Å². The molecule has 0 fully saturated rings. The fourth-order valence-corrected chi connectivity index (χ4v) is 2.39. The number of nitro benzene ring substituents is 1. The van der Waals surface area contributed by atoms with E-state index in [1.54, 1.807) is 6.07 Å². The number of carbonyl (C=O) groups is 2. The van der Waals surface area contributed by atoms with Crippen molar-refractivity contribution in [2.75, 3.05) is 20.3 Å². The molecule has 0 heterocycles. The number of hydrogen-bond acceptors (Lipinski definition) is 8. The summed E-state index contributed by atoms with van der Waals surface area (Å²) < 4.78 is 15.7. The zero-order valence-corrected chi connectivity index (χ0v) is 17.1. The molecule has 1 amide bonds. The van der Waals surface area contributed by atoms with Gasteiger partial charge in [-0.15, -0.1) is 6.58 Å². The number of methoxy groups -OCH3 is 1. The molecule has 0 aliphatic heterocycles. The van der Waals surface area contributed by atoms with Crippen molar-refractivity contribution in [1.82, 2.24) is 5.32 Å². The number of hydrogen-bond donors (Lipinski definition) is 1. The summed E-state index contributed by atoms with van der Waals surface area (Å²) in [6.07, 6.45) is 2.86. The summed E-state index contributed by atoms with van der Waals surface area (Å²) in [5.41, 5.74) is 0.265. The second kappa shape index (κ2) is 11.5. The quantitative estimate of drug-likeness (QED) is 0.114. The number of non-ortho nitro benzene ring substituents is 1. The summed E-state index contributed by atoms with van der Waals surface area (Å²) in [6, 6.07) is 11.5. The maximum Gasteiger partial charge on any atom is 0.349 e. The minimum atomic E-state index is -0.730. The Kier molecular flexibility index (Phi) is 8.50. The number of ether oxygens (including phenoxy) is 3. The molecule has 0 spiro atoms. The first-order valence-corrected chi connectivity index (χ1v) is 9.14. The Bertz CT molecular complexity index is 1090. The molecule has 10 heteroatoms. The second-order valence-electron chi connectivity index (χ2n) is 6.09. The van der Waals surface area contributed by atoms with Crippen LogP contribution in [-0.2, 0) is 9.59 Å². The largest absolute Gasteiger partial charge is 0.493 e. The van der Waals surface area contributed by atoms with Crippen LogP contribution in [0.2, 0.25) is 0 Å². The van der Waals surface area contributed by atoms with Crippen LogP contribution in [0.1, 0.15) is 5.56 Å². The SMILES string of the molecule is C=CCNC(=O)/C(C#N)=C/c1ccc(OC(=O)COc2ccc([N+](=O)[O-])cc2)c(OC)c1. The highest BCUT2D eigenvalue weighted by atomic mass is 16.6. The van der Waals surface area contributed by atoms with Crippen molar-refractivity contribution in [1.29, 1.82) is 5.26 Å². The number of nitrogens with one attached hydrogen (secondary N) is 1. The molecule has 0 saturated carbocycles. The van der Waals surface area contributed by atoms with Gasteiger partial charge < -0.3 is 19.5 Å². The maximum absolute atomic E-state index is 12.1. The first-order valence-electron chi connectivity index (χ1n) is 9.14. The van der Waals surface area contributed by atoms with E-state index in [1.165, 1.54) is 55.7 Å². The van der Waals surface area contributed by atoms with Gasteiger partial charge in [0.25, 0.3) is 11.6 Å². The fourth-order valence-electron chi connectivity index (χ4n) is 2.39. The molecule has 0 radical (unpaired) electrons. The van der Waals surface area contributed by atoms with Gasteiger partial charge in [0.05, 0.1) is 12.0 Å². The van der Waals surface area contributed by atoms with Crippen LogP contribution >= 0.6 is 0 Å². The summed E-state index contributed by atoms with van der Waals surface area (Å²) >= 11 is 0. The number of carbonyl (C=O) groups excluding carboxylic acids is 2. The first-order chi connectivity index (χ1) is 15.4. The molecule has 164 valence electrons. The highest BCUT2D eigenvalue weighted by molar-refractivity contribution is 6.01. The molecule has 0 atom stereocenters. The van der Waals surface area contributed by atoms with Crippen LogP contribution in [0, 0.1) is 21.4 Å². The van der Waals surface area contributed by atoms with Crippen LogP contribution in [-0.4, -0.2) is 37.1 Å². The van der Waals surface area contributed by atoms with Gasteiger partial charge in [-0.2, -0.15) is 5.26 Å². The van der Waals surface area contributed by atoms with Crippen molar-refractivity contribution in [3.05, 3.63) is 76.4 Å². The predicted octanol–water partition coefficient (Wildman–Crippen LogP) is 2.80. The van der Waals surface area contributed by atoms with E-state index in [1.807, 2.05) is 6.07 Å². The van der Waals surface area contributed by atoms with Gasteiger partial charge in [-0.05, 0) is 35.9 Å². The van der Waals surface area contributed by atoms with Gasteiger partial charge in [0.15, 0.2) is 18.1 Å². The van der Waals surface area contributed by atoms with Crippen molar-refractivity contribution >= 4 is 23.6 Å². The van der Waals surface area contributed by atoms with Crippen LogP contribution in [0.4, 0.5) is 5.69 Å². The van der Waals surface area contributed by atoms with E-state index in [9.17, 15) is 25.0 Å². The molecule has 2 aromatic carbocycles. The van der Waals surface area contributed by atoms with E-state index in [0.29, 0.717) is 5.56 Å². The summed E-state index contributed by atoms with van der Waals surface area (Å²) in [7, 11) is 1.37. The number of nitrogens with zero attached hydrogens (tertiary/aromatic N) is 2. The molecule has 0 aliphatic rings. The second-order valence-corrected chi connectivity index (χ2v) is 6.09. The Morgan fingerprint density at radius 1 is 1.22 bits per heavy atom. The minimum Gasteiger partial charge on any atom is -0.493 e. The van der Waals surface area contributed by atoms with Gasteiger partial charge in [0.1, 0.15) is 17.4 Å². The van der Waals surface area contributed by atoms with Crippen LogP contribution in [0.5, 0.6) is 17.2 Å². The smallest absolute Gasteiger partial charge is 0.349 e. The van der Waals surface area contributed by atoms with Crippen molar-refractivity contribution < 1.29 is 28.7 Å². The van der Waals surface area contributed by atoms with Gasteiger partial charge in [0, 0.05) is 18.7 Å². The number of esters is 1. The molecule has 0 aromatic heterocycles. The highest BCUT2D eigenvalue weighted by Gasteiger charge is 2.14. The van der Waals surface area contributed by atoms with E-state index in [0.717, 1.165) is 0 Å². The van der Waals surface area contributed by atoms with Gasteiger partial charge in [-0.1, -0.05) is 12.1 Å². The van der Waals surface area contributed by atoms with Gasteiger partial charge in [0.2, 0.25) is 0 Å². The van der Waals surface area contributed by atoms with Crippen molar-refractivity contribution in [3.63, 3.8) is 0 Å². The molecule has 2 aromatic rings. The molecule has 0 unspecified atom stereocenters. The minimum absolute atomic E-state index is 0.100.